The van der Waals surface area contributed by atoms with Gasteiger partial charge in [-0.2, -0.15) is 0 Å². The van der Waals surface area contributed by atoms with E-state index in [0.29, 0.717) is 13.0 Å². The van der Waals surface area contributed by atoms with E-state index in [-0.39, 0.29) is 19.1 Å². The summed E-state index contributed by atoms with van der Waals surface area (Å²) in [7, 11) is 0. The molecule has 0 radical (unpaired) electrons. The van der Waals surface area contributed by atoms with Crippen LogP contribution >= 0.6 is 0 Å². The lowest BCUT2D eigenvalue weighted by Gasteiger charge is -2.31. The Morgan fingerprint density at radius 3 is 2.55 bits per heavy atom. The first-order valence-corrected chi connectivity index (χ1v) is 6.80. The summed E-state index contributed by atoms with van der Waals surface area (Å²) in [5.74, 6) is -1.07. The van der Waals surface area contributed by atoms with E-state index in [9.17, 15) is 9.59 Å². The fraction of sp³-hybridized carbons (Fsp3) is 0.467. The number of morpholine rings is 1. The van der Waals surface area contributed by atoms with Crippen molar-refractivity contribution in [1.82, 2.24) is 4.90 Å². The number of carboxylic acids is 1. The van der Waals surface area contributed by atoms with Crippen LogP contribution in [-0.2, 0) is 27.2 Å². The average Bonchev–Trinajstić information content (AvgIpc) is 2.48. The fourth-order valence-electron chi connectivity index (χ4n) is 2.20. The molecular weight excluding hydrogens is 258 g/mol. The van der Waals surface area contributed by atoms with Gasteiger partial charge in [-0.05, 0) is 17.5 Å². The first kappa shape index (κ1) is 14.5. The third-order valence-electron chi connectivity index (χ3n) is 3.48. The highest BCUT2D eigenvalue weighted by atomic mass is 16.5. The number of hydrogen-bond donors (Lipinski definition) is 1. The maximum atomic E-state index is 12.2. The van der Waals surface area contributed by atoms with Crippen LogP contribution in [0.15, 0.2) is 24.3 Å². The summed E-state index contributed by atoms with van der Waals surface area (Å²) >= 11 is 0. The summed E-state index contributed by atoms with van der Waals surface area (Å²) in [6.07, 6.45) is 0.365. The van der Waals surface area contributed by atoms with Gasteiger partial charge in [0.15, 0.2) is 6.10 Å². The van der Waals surface area contributed by atoms with Crippen LogP contribution in [0.1, 0.15) is 18.1 Å². The van der Waals surface area contributed by atoms with Gasteiger partial charge in [-0.15, -0.1) is 0 Å². The molecule has 1 aromatic rings. The van der Waals surface area contributed by atoms with Gasteiger partial charge in [0.25, 0.3) is 0 Å². The Morgan fingerprint density at radius 2 is 1.95 bits per heavy atom. The van der Waals surface area contributed by atoms with E-state index in [1.54, 1.807) is 4.90 Å². The topological polar surface area (TPSA) is 66.8 Å². The third kappa shape index (κ3) is 3.57. The van der Waals surface area contributed by atoms with E-state index in [0.717, 1.165) is 12.0 Å². The van der Waals surface area contributed by atoms with E-state index in [2.05, 4.69) is 6.92 Å². The minimum Gasteiger partial charge on any atom is -0.479 e. The van der Waals surface area contributed by atoms with E-state index in [1.807, 2.05) is 24.3 Å². The van der Waals surface area contributed by atoms with Crippen LogP contribution in [0, 0.1) is 0 Å². The lowest BCUT2D eigenvalue weighted by atomic mass is 10.1. The van der Waals surface area contributed by atoms with Crippen molar-refractivity contribution >= 4 is 11.9 Å². The van der Waals surface area contributed by atoms with Crippen molar-refractivity contribution in [1.29, 1.82) is 0 Å². The number of nitrogens with zero attached hydrogens (tertiary/aromatic N) is 1. The van der Waals surface area contributed by atoms with Gasteiger partial charge in [0.2, 0.25) is 5.91 Å². The molecule has 0 spiro atoms. The lowest BCUT2D eigenvalue weighted by molar-refractivity contribution is -0.159. The number of amides is 1. The predicted molar refractivity (Wildman–Crippen MR) is 73.5 cm³/mol. The Kier molecular flexibility index (Phi) is 4.74. The third-order valence-corrected chi connectivity index (χ3v) is 3.48. The Labute approximate surface area is 118 Å². The van der Waals surface area contributed by atoms with Gasteiger partial charge in [0.1, 0.15) is 0 Å². The van der Waals surface area contributed by atoms with Gasteiger partial charge in [-0.1, -0.05) is 31.2 Å². The smallest absolute Gasteiger partial charge is 0.334 e. The molecule has 5 nitrogen and oxygen atoms in total. The highest BCUT2D eigenvalue weighted by molar-refractivity contribution is 5.80. The molecule has 0 saturated carbocycles. The molecule has 1 fully saturated rings. The largest absolute Gasteiger partial charge is 0.479 e. The number of carbonyl (C=O) groups excluding carboxylic acids is 1. The van der Waals surface area contributed by atoms with Crippen molar-refractivity contribution in [2.45, 2.75) is 25.9 Å². The van der Waals surface area contributed by atoms with E-state index in [1.165, 1.54) is 5.56 Å². The minimum absolute atomic E-state index is 0.0520. The summed E-state index contributed by atoms with van der Waals surface area (Å²) in [5.41, 5.74) is 2.18. The number of carboxylic acid groups (broad SMARTS) is 1. The average molecular weight is 277 g/mol. The quantitative estimate of drug-likeness (QED) is 0.895. The molecule has 1 atom stereocenters. The molecule has 2 rings (SSSR count). The van der Waals surface area contributed by atoms with Gasteiger partial charge < -0.3 is 14.7 Å². The van der Waals surface area contributed by atoms with Crippen LogP contribution in [0.2, 0.25) is 0 Å². The van der Waals surface area contributed by atoms with Crippen molar-refractivity contribution in [3.8, 4) is 0 Å². The number of carbonyl (C=O) groups is 2. The molecule has 1 N–H and O–H groups in total. The molecule has 0 aliphatic carbocycles. The van der Waals surface area contributed by atoms with Gasteiger partial charge in [-0.25, -0.2) is 4.79 Å². The van der Waals surface area contributed by atoms with Crippen LogP contribution in [0.25, 0.3) is 0 Å². The standard InChI is InChI=1S/C15H19NO4/c1-2-11-3-5-12(6-4-11)9-14(17)16-7-8-20-13(10-16)15(18)19/h3-6,13H,2,7-10H2,1H3,(H,18,19). The number of ether oxygens (including phenoxy) is 1. The number of aliphatic carboxylic acids is 1. The maximum Gasteiger partial charge on any atom is 0.334 e. The zero-order chi connectivity index (χ0) is 14.5. The molecule has 1 amide bonds. The predicted octanol–water partition coefficient (Wildman–Crippen LogP) is 1.10. The molecular formula is C15H19NO4. The number of rotatable bonds is 4. The van der Waals surface area contributed by atoms with Gasteiger partial charge in [0.05, 0.1) is 19.6 Å². The molecule has 108 valence electrons. The molecule has 1 saturated heterocycles. The van der Waals surface area contributed by atoms with Crippen LogP contribution in [0.3, 0.4) is 0 Å². The monoisotopic (exact) mass is 277 g/mol. The molecule has 0 bridgehead atoms. The highest BCUT2D eigenvalue weighted by Gasteiger charge is 2.28. The molecule has 1 heterocycles. The first-order chi connectivity index (χ1) is 9.60. The normalized spacial score (nSPS) is 18.9. The number of benzene rings is 1. The van der Waals surface area contributed by atoms with Crippen molar-refractivity contribution in [3.05, 3.63) is 35.4 Å². The van der Waals surface area contributed by atoms with Crippen molar-refractivity contribution in [2.24, 2.45) is 0 Å². The van der Waals surface area contributed by atoms with Crippen LogP contribution in [0.5, 0.6) is 0 Å². The summed E-state index contributed by atoms with van der Waals surface area (Å²) in [6.45, 7) is 2.94. The molecule has 1 aromatic carbocycles. The summed E-state index contributed by atoms with van der Waals surface area (Å²) in [5, 5.41) is 8.92. The van der Waals surface area contributed by atoms with E-state index < -0.39 is 12.1 Å². The zero-order valence-corrected chi connectivity index (χ0v) is 11.5. The molecule has 1 aliphatic heterocycles. The van der Waals surface area contributed by atoms with Crippen LogP contribution < -0.4 is 0 Å². The minimum atomic E-state index is -1.02. The molecule has 0 aromatic heterocycles. The van der Waals surface area contributed by atoms with Crippen LogP contribution in [-0.4, -0.2) is 47.7 Å². The van der Waals surface area contributed by atoms with Crippen LogP contribution in [0.4, 0.5) is 0 Å². The highest BCUT2D eigenvalue weighted by Crippen LogP contribution is 2.10. The first-order valence-electron chi connectivity index (χ1n) is 6.80. The zero-order valence-electron chi connectivity index (χ0n) is 11.5. The van der Waals surface area contributed by atoms with Gasteiger partial charge >= 0.3 is 5.97 Å². The molecule has 20 heavy (non-hydrogen) atoms. The molecule has 1 aliphatic rings. The Bertz CT molecular complexity index is 483. The summed E-state index contributed by atoms with van der Waals surface area (Å²) in [6, 6.07) is 7.93. The van der Waals surface area contributed by atoms with Gasteiger partial charge in [0, 0.05) is 6.54 Å². The number of hydrogen-bond acceptors (Lipinski definition) is 3. The van der Waals surface area contributed by atoms with E-state index in [4.69, 9.17) is 9.84 Å². The summed E-state index contributed by atoms with van der Waals surface area (Å²) in [4.78, 5) is 24.6. The Balaban J connectivity index is 1.95. The SMILES string of the molecule is CCc1ccc(CC(=O)N2CCOC(C(=O)O)C2)cc1. The maximum absolute atomic E-state index is 12.2. The Morgan fingerprint density at radius 1 is 1.30 bits per heavy atom. The summed E-state index contributed by atoms with van der Waals surface area (Å²) < 4.78 is 5.11. The lowest BCUT2D eigenvalue weighted by Crippen LogP contribution is -2.49. The fourth-order valence-corrected chi connectivity index (χ4v) is 2.20. The second kappa shape index (κ2) is 6.52. The van der Waals surface area contributed by atoms with Crippen molar-refractivity contribution in [2.75, 3.05) is 19.7 Å². The van der Waals surface area contributed by atoms with E-state index >= 15 is 0 Å². The number of aryl methyl sites for hydroxylation is 1. The van der Waals surface area contributed by atoms with Crippen molar-refractivity contribution < 1.29 is 19.4 Å². The second-order valence-corrected chi connectivity index (χ2v) is 4.88. The molecule has 5 heteroatoms. The molecule has 1 unspecified atom stereocenters. The second-order valence-electron chi connectivity index (χ2n) is 4.88. The van der Waals surface area contributed by atoms with Gasteiger partial charge in [-0.3, -0.25) is 4.79 Å². The Hall–Kier alpha value is -1.88. The van der Waals surface area contributed by atoms with Crippen molar-refractivity contribution in [3.63, 3.8) is 0 Å².